The van der Waals surface area contributed by atoms with Gasteiger partial charge in [0.1, 0.15) is 5.69 Å². The highest BCUT2D eigenvalue weighted by molar-refractivity contribution is 6.34. The lowest BCUT2D eigenvalue weighted by molar-refractivity contribution is -0.384. The number of carbonyl (C=O) groups excluding carboxylic acids is 1. The molecule has 0 radical (unpaired) electrons. The molecule has 0 saturated carbocycles. The Morgan fingerprint density at radius 1 is 1.21 bits per heavy atom. The highest BCUT2D eigenvalue weighted by atomic mass is 35.5. The van der Waals surface area contributed by atoms with Crippen LogP contribution in [0.5, 0.6) is 0 Å². The Bertz CT molecular complexity index is 895. The van der Waals surface area contributed by atoms with E-state index in [0.717, 1.165) is 25.2 Å². The van der Waals surface area contributed by atoms with Crippen molar-refractivity contribution >= 4 is 34.6 Å². The third-order valence-corrected chi connectivity index (χ3v) is 5.37. The van der Waals surface area contributed by atoms with E-state index in [1.54, 1.807) is 18.2 Å². The highest BCUT2D eigenvalue weighted by Gasteiger charge is 2.26. The Labute approximate surface area is 169 Å². The summed E-state index contributed by atoms with van der Waals surface area (Å²) in [7, 11) is 0. The maximum atomic E-state index is 12.7. The summed E-state index contributed by atoms with van der Waals surface area (Å²) in [6.45, 7) is 7.93. The average molecular weight is 403 g/mol. The van der Waals surface area contributed by atoms with E-state index in [-0.39, 0.29) is 16.6 Å². The summed E-state index contributed by atoms with van der Waals surface area (Å²) >= 11 is 6.26. The minimum absolute atomic E-state index is 0.0520. The molecule has 0 unspecified atom stereocenters. The van der Waals surface area contributed by atoms with Gasteiger partial charge in [-0.15, -0.1) is 0 Å². The van der Waals surface area contributed by atoms with Gasteiger partial charge in [0, 0.05) is 37.8 Å². The number of nitrogens with zero attached hydrogens (tertiary/aromatic N) is 3. The number of halogens is 1. The van der Waals surface area contributed by atoms with Crippen LogP contribution in [0.3, 0.4) is 0 Å². The number of anilines is 2. The molecule has 1 aliphatic rings. The van der Waals surface area contributed by atoms with Crippen LogP contribution in [0.15, 0.2) is 36.4 Å². The minimum Gasteiger partial charge on any atom is -0.363 e. The van der Waals surface area contributed by atoms with Gasteiger partial charge in [0.2, 0.25) is 0 Å². The molecule has 1 fully saturated rings. The van der Waals surface area contributed by atoms with E-state index >= 15 is 0 Å². The lowest BCUT2D eigenvalue weighted by Gasteiger charge is -2.35. The lowest BCUT2D eigenvalue weighted by Crippen LogP contribution is -2.46. The lowest BCUT2D eigenvalue weighted by atomic mass is 10.1. The molecule has 1 heterocycles. The monoisotopic (exact) mass is 402 g/mol. The topological polar surface area (TPSA) is 78.7 Å². The summed E-state index contributed by atoms with van der Waals surface area (Å²) in [4.78, 5) is 28.0. The molecule has 28 heavy (non-hydrogen) atoms. The second-order valence-electron chi connectivity index (χ2n) is 6.77. The van der Waals surface area contributed by atoms with Gasteiger partial charge < -0.3 is 15.1 Å². The predicted molar refractivity (Wildman–Crippen MR) is 112 cm³/mol. The molecule has 148 valence electrons. The fourth-order valence-electron chi connectivity index (χ4n) is 3.37. The van der Waals surface area contributed by atoms with Gasteiger partial charge >= 0.3 is 0 Å². The van der Waals surface area contributed by atoms with E-state index in [4.69, 9.17) is 11.6 Å². The van der Waals surface area contributed by atoms with Crippen LogP contribution in [-0.4, -0.2) is 48.5 Å². The molecular weight excluding hydrogens is 380 g/mol. The number of aryl methyl sites for hydroxylation is 1. The molecule has 0 bridgehead atoms. The first kappa shape index (κ1) is 20.1. The van der Waals surface area contributed by atoms with Crippen molar-refractivity contribution in [1.82, 2.24) is 4.90 Å². The van der Waals surface area contributed by atoms with Crippen LogP contribution >= 0.6 is 11.6 Å². The van der Waals surface area contributed by atoms with E-state index < -0.39 is 4.92 Å². The van der Waals surface area contributed by atoms with Crippen molar-refractivity contribution in [2.45, 2.75) is 13.8 Å². The summed E-state index contributed by atoms with van der Waals surface area (Å²) in [6.07, 6.45) is 0. The second kappa shape index (κ2) is 8.58. The zero-order valence-corrected chi connectivity index (χ0v) is 16.7. The molecule has 8 heteroatoms. The van der Waals surface area contributed by atoms with E-state index in [2.05, 4.69) is 17.1 Å². The van der Waals surface area contributed by atoms with Gasteiger partial charge in [0.25, 0.3) is 11.6 Å². The second-order valence-corrected chi connectivity index (χ2v) is 7.18. The van der Waals surface area contributed by atoms with Gasteiger partial charge in [-0.3, -0.25) is 14.9 Å². The third-order valence-electron chi connectivity index (χ3n) is 5.06. The number of hydrogen-bond donors (Lipinski definition) is 1. The number of piperazine rings is 1. The van der Waals surface area contributed by atoms with Crippen molar-refractivity contribution in [2.75, 3.05) is 42.9 Å². The van der Waals surface area contributed by atoms with E-state index in [9.17, 15) is 14.9 Å². The molecule has 7 nitrogen and oxygen atoms in total. The van der Waals surface area contributed by atoms with Crippen molar-refractivity contribution in [3.8, 4) is 0 Å². The number of likely N-dealkylation sites (N-methyl/N-ethyl adjacent to an activating group) is 1. The summed E-state index contributed by atoms with van der Waals surface area (Å²) in [5, 5.41) is 14.5. The Kier molecular flexibility index (Phi) is 6.16. The van der Waals surface area contributed by atoms with E-state index in [1.165, 1.54) is 6.07 Å². The number of carbonyl (C=O) groups is 1. The van der Waals surface area contributed by atoms with Crippen LogP contribution in [0.1, 0.15) is 22.8 Å². The molecular formula is C20H23ClN4O3. The average Bonchev–Trinajstić information content (AvgIpc) is 2.69. The fraction of sp³-hybridized carbons (Fsp3) is 0.350. The number of rotatable bonds is 5. The predicted octanol–water partition coefficient (Wildman–Crippen LogP) is 3.95. The molecule has 1 amide bonds. The zero-order valence-electron chi connectivity index (χ0n) is 15.9. The van der Waals surface area contributed by atoms with E-state index in [1.807, 2.05) is 24.0 Å². The van der Waals surface area contributed by atoms with Crippen LogP contribution in [0.25, 0.3) is 0 Å². The Morgan fingerprint density at radius 3 is 2.50 bits per heavy atom. The zero-order chi connectivity index (χ0) is 20.3. The number of nitro benzene ring substituents is 1. The summed E-state index contributed by atoms with van der Waals surface area (Å²) < 4.78 is 0. The molecule has 3 rings (SSSR count). The Hall–Kier alpha value is -2.64. The van der Waals surface area contributed by atoms with Crippen LogP contribution in [0.2, 0.25) is 5.02 Å². The van der Waals surface area contributed by atoms with Gasteiger partial charge in [-0.2, -0.15) is 0 Å². The van der Waals surface area contributed by atoms with Crippen molar-refractivity contribution in [3.05, 3.63) is 62.7 Å². The van der Waals surface area contributed by atoms with Crippen LogP contribution in [-0.2, 0) is 0 Å². The number of nitrogens with one attached hydrogen (secondary N) is 1. The first-order valence-corrected chi connectivity index (χ1v) is 9.60. The molecule has 1 saturated heterocycles. The molecule has 0 atom stereocenters. The van der Waals surface area contributed by atoms with Gasteiger partial charge in [0.15, 0.2) is 0 Å². The number of nitro groups is 1. The number of amides is 1. The first-order valence-electron chi connectivity index (χ1n) is 9.23. The highest BCUT2D eigenvalue weighted by Crippen LogP contribution is 2.37. The first-order chi connectivity index (χ1) is 13.4. The van der Waals surface area contributed by atoms with Gasteiger partial charge in [-0.05, 0) is 31.2 Å². The van der Waals surface area contributed by atoms with Crippen molar-refractivity contribution in [3.63, 3.8) is 0 Å². The van der Waals surface area contributed by atoms with E-state index in [0.29, 0.717) is 30.0 Å². The van der Waals surface area contributed by atoms with Crippen molar-refractivity contribution in [1.29, 1.82) is 0 Å². The van der Waals surface area contributed by atoms with Gasteiger partial charge in [-0.25, -0.2) is 0 Å². The van der Waals surface area contributed by atoms with Crippen LogP contribution < -0.4 is 10.2 Å². The molecule has 2 aromatic rings. The molecule has 1 aliphatic heterocycles. The third kappa shape index (κ3) is 4.26. The molecule has 1 N–H and O–H groups in total. The molecule has 2 aromatic carbocycles. The van der Waals surface area contributed by atoms with Crippen molar-refractivity contribution < 1.29 is 9.72 Å². The maximum Gasteiger partial charge on any atom is 0.294 e. The van der Waals surface area contributed by atoms with Gasteiger partial charge in [0.05, 0.1) is 15.6 Å². The normalized spacial score (nSPS) is 14.8. The summed E-state index contributed by atoms with van der Waals surface area (Å²) in [5.74, 6) is -0.296. The van der Waals surface area contributed by atoms with Crippen molar-refractivity contribution in [2.24, 2.45) is 0 Å². The van der Waals surface area contributed by atoms with Crippen LogP contribution in [0, 0.1) is 17.0 Å². The Morgan fingerprint density at radius 2 is 1.89 bits per heavy atom. The quantitative estimate of drug-likeness (QED) is 0.605. The molecule has 0 aromatic heterocycles. The number of benzene rings is 2. The largest absolute Gasteiger partial charge is 0.363 e. The Balaban J connectivity index is 1.91. The van der Waals surface area contributed by atoms with Gasteiger partial charge in [-0.1, -0.05) is 36.7 Å². The summed E-state index contributed by atoms with van der Waals surface area (Å²) in [5.41, 5.74) is 2.17. The molecule has 0 aliphatic carbocycles. The SMILES string of the molecule is CCN1CCN(c2cc(NC(=O)c3ccccc3C)c(Cl)cc2[N+](=O)[O-])CC1. The minimum atomic E-state index is -0.430. The summed E-state index contributed by atoms with van der Waals surface area (Å²) in [6, 6.07) is 10.2. The van der Waals surface area contributed by atoms with Crippen LogP contribution in [0.4, 0.5) is 17.1 Å². The maximum absolute atomic E-state index is 12.7. The molecule has 0 spiro atoms. The smallest absolute Gasteiger partial charge is 0.294 e. The standard InChI is InChI=1S/C20H23ClN4O3/c1-3-23-8-10-24(11-9-23)18-13-17(16(21)12-19(18)25(27)28)22-20(26)15-7-5-4-6-14(15)2/h4-7,12-13H,3,8-11H2,1-2H3,(H,22,26). The number of hydrogen-bond acceptors (Lipinski definition) is 5. The fourth-order valence-corrected chi connectivity index (χ4v) is 3.57.